The minimum absolute atomic E-state index is 0.413. The van der Waals surface area contributed by atoms with Crippen LogP contribution in [0.3, 0.4) is 0 Å². The van der Waals surface area contributed by atoms with Gasteiger partial charge in [0.2, 0.25) is 0 Å². The summed E-state index contributed by atoms with van der Waals surface area (Å²) in [7, 11) is 2.80. The highest BCUT2D eigenvalue weighted by molar-refractivity contribution is 9.10. The van der Waals surface area contributed by atoms with E-state index in [1.165, 1.54) is 0 Å². The van der Waals surface area contributed by atoms with E-state index in [1.807, 2.05) is 23.7 Å². The average molecular weight is 406 g/mol. The van der Waals surface area contributed by atoms with Gasteiger partial charge in [0.15, 0.2) is 5.82 Å². The first-order valence-corrected chi connectivity index (χ1v) is 12.0. The van der Waals surface area contributed by atoms with Gasteiger partial charge in [-0.25, -0.2) is 9.67 Å². The highest BCUT2D eigenvalue weighted by Crippen LogP contribution is 2.31. The maximum Gasteiger partial charge on any atom is 0.176 e. The van der Waals surface area contributed by atoms with Crippen molar-refractivity contribution in [2.75, 3.05) is 25.6 Å². The van der Waals surface area contributed by atoms with Crippen molar-refractivity contribution in [2.24, 2.45) is 0 Å². The van der Waals surface area contributed by atoms with Crippen LogP contribution in [0.15, 0.2) is 10.5 Å². The summed E-state index contributed by atoms with van der Waals surface area (Å²) < 4.78 is 8.52. The summed E-state index contributed by atoms with van der Waals surface area (Å²) >= 11 is 9.61. The first kappa shape index (κ1) is 17.7. The van der Waals surface area contributed by atoms with E-state index in [0.717, 1.165) is 34.0 Å². The minimum atomic E-state index is -1.08. The summed E-state index contributed by atoms with van der Waals surface area (Å²) in [4.78, 5) is 6.33. The molecule has 0 aliphatic carbocycles. The molecule has 0 aromatic carbocycles. The molecule has 2 aromatic rings. The molecule has 0 aliphatic heterocycles. The van der Waals surface area contributed by atoms with Crippen molar-refractivity contribution in [1.82, 2.24) is 14.8 Å². The molecule has 0 bridgehead atoms. The summed E-state index contributed by atoms with van der Waals surface area (Å²) in [6, 6.07) is 2.92. The lowest BCUT2D eigenvalue weighted by Crippen LogP contribution is -2.22. The van der Waals surface area contributed by atoms with Crippen LogP contribution in [-0.2, 0) is 11.5 Å². The number of hydrogen-bond acceptors (Lipinski definition) is 4. The maximum atomic E-state index is 6.06. The molecule has 0 unspecified atom stereocenters. The van der Waals surface area contributed by atoms with Gasteiger partial charge in [-0.2, -0.15) is 0 Å². The number of aromatic nitrogens is 3. The molecule has 122 valence electrons. The molecule has 22 heavy (non-hydrogen) atoms. The average Bonchev–Trinajstić information content (AvgIpc) is 2.72. The van der Waals surface area contributed by atoms with Gasteiger partial charge in [-0.3, -0.25) is 0 Å². The maximum absolute atomic E-state index is 6.06. The zero-order valence-corrected chi connectivity index (χ0v) is 17.0. The third-order valence-corrected chi connectivity index (χ3v) is 5.74. The van der Waals surface area contributed by atoms with Crippen molar-refractivity contribution in [2.45, 2.75) is 32.4 Å². The number of ether oxygens (including phenoxy) is 1. The van der Waals surface area contributed by atoms with Crippen molar-refractivity contribution in [3.63, 3.8) is 0 Å². The molecule has 0 atom stereocenters. The first-order valence-electron chi connectivity index (χ1n) is 7.16. The molecule has 2 heterocycles. The van der Waals surface area contributed by atoms with Gasteiger partial charge in [0.1, 0.15) is 22.9 Å². The second kappa shape index (κ2) is 6.86. The van der Waals surface area contributed by atoms with Crippen LogP contribution in [0.5, 0.6) is 0 Å². The standard InChI is InChI=1S/C14H22BrClN4OSi/c1-19(2)14-12-13(10(15)8-11(16)17-12)20(18-14)9-21-6-7-22(3,4)5/h8H,6-7,9H2,1-5H3. The monoisotopic (exact) mass is 404 g/mol. The summed E-state index contributed by atoms with van der Waals surface area (Å²) in [6.07, 6.45) is 0. The van der Waals surface area contributed by atoms with Gasteiger partial charge in [0.25, 0.3) is 0 Å². The molecule has 0 fully saturated rings. The Morgan fingerprint density at radius 2 is 2.05 bits per heavy atom. The largest absolute Gasteiger partial charge is 0.360 e. The fourth-order valence-corrected chi connectivity index (χ4v) is 3.71. The van der Waals surface area contributed by atoms with Crippen molar-refractivity contribution >= 4 is 52.5 Å². The van der Waals surface area contributed by atoms with E-state index in [2.05, 4.69) is 45.7 Å². The van der Waals surface area contributed by atoms with Gasteiger partial charge in [-0.05, 0) is 28.0 Å². The Kier molecular flexibility index (Phi) is 5.53. The lowest BCUT2D eigenvalue weighted by Gasteiger charge is -2.15. The predicted octanol–water partition coefficient (Wildman–Crippen LogP) is 4.23. The quantitative estimate of drug-likeness (QED) is 0.410. The van der Waals surface area contributed by atoms with E-state index >= 15 is 0 Å². The molecule has 0 aliphatic rings. The van der Waals surface area contributed by atoms with Crippen molar-refractivity contribution in [3.05, 3.63) is 15.7 Å². The van der Waals surface area contributed by atoms with E-state index in [4.69, 9.17) is 16.3 Å². The van der Waals surface area contributed by atoms with Crippen LogP contribution >= 0.6 is 27.5 Å². The van der Waals surface area contributed by atoms with Gasteiger partial charge in [0, 0.05) is 33.2 Å². The third kappa shape index (κ3) is 4.22. The fourth-order valence-electron chi connectivity index (χ4n) is 2.02. The van der Waals surface area contributed by atoms with Crippen LogP contribution in [0.1, 0.15) is 0 Å². The van der Waals surface area contributed by atoms with Crippen LogP contribution in [0.25, 0.3) is 11.0 Å². The van der Waals surface area contributed by atoms with Crippen molar-refractivity contribution < 1.29 is 4.74 Å². The highest BCUT2D eigenvalue weighted by Gasteiger charge is 2.18. The molecule has 0 spiro atoms. The second-order valence-electron chi connectivity index (χ2n) is 6.69. The molecule has 5 nitrogen and oxygen atoms in total. The zero-order chi connectivity index (χ0) is 16.5. The molecule has 0 amide bonds. The summed E-state index contributed by atoms with van der Waals surface area (Å²) in [6.45, 7) is 8.19. The van der Waals surface area contributed by atoms with Gasteiger partial charge in [-0.15, -0.1) is 5.10 Å². The smallest absolute Gasteiger partial charge is 0.176 e. The lowest BCUT2D eigenvalue weighted by atomic mass is 10.3. The van der Waals surface area contributed by atoms with Gasteiger partial charge >= 0.3 is 0 Å². The van der Waals surface area contributed by atoms with Crippen molar-refractivity contribution in [3.8, 4) is 0 Å². The van der Waals surface area contributed by atoms with Crippen LogP contribution in [0.2, 0.25) is 30.8 Å². The van der Waals surface area contributed by atoms with E-state index < -0.39 is 8.07 Å². The van der Waals surface area contributed by atoms with Gasteiger partial charge in [-0.1, -0.05) is 31.2 Å². The summed E-state index contributed by atoms with van der Waals surface area (Å²) in [5.41, 5.74) is 1.68. The van der Waals surface area contributed by atoms with Gasteiger partial charge < -0.3 is 9.64 Å². The van der Waals surface area contributed by atoms with E-state index in [0.29, 0.717) is 11.9 Å². The number of fused-ring (bicyclic) bond motifs is 1. The third-order valence-electron chi connectivity index (χ3n) is 3.23. The molecule has 0 N–H and O–H groups in total. The normalized spacial score (nSPS) is 12.1. The first-order chi connectivity index (χ1) is 10.2. The molecule has 0 radical (unpaired) electrons. The minimum Gasteiger partial charge on any atom is -0.360 e. The Hall–Kier alpha value is -0.633. The lowest BCUT2D eigenvalue weighted by molar-refractivity contribution is 0.0817. The Morgan fingerprint density at radius 1 is 1.36 bits per heavy atom. The van der Waals surface area contributed by atoms with E-state index in [1.54, 1.807) is 6.07 Å². The number of hydrogen-bond donors (Lipinski definition) is 0. The number of rotatable bonds is 6. The Balaban J connectivity index is 2.26. The Bertz CT molecular complexity index is 669. The molecule has 2 aromatic heterocycles. The number of nitrogens with zero attached hydrogens (tertiary/aromatic N) is 4. The van der Waals surface area contributed by atoms with Crippen LogP contribution in [0.4, 0.5) is 5.82 Å². The number of anilines is 1. The van der Waals surface area contributed by atoms with E-state index in [-0.39, 0.29) is 0 Å². The molecular weight excluding hydrogens is 384 g/mol. The van der Waals surface area contributed by atoms with Crippen LogP contribution < -0.4 is 4.90 Å². The molecule has 2 rings (SSSR count). The molecule has 0 saturated carbocycles. The van der Waals surface area contributed by atoms with E-state index in [9.17, 15) is 0 Å². The second-order valence-corrected chi connectivity index (χ2v) is 13.6. The topological polar surface area (TPSA) is 43.2 Å². The highest BCUT2D eigenvalue weighted by atomic mass is 79.9. The fraction of sp³-hybridized carbons (Fsp3) is 0.571. The molecule has 8 heteroatoms. The summed E-state index contributed by atoms with van der Waals surface area (Å²) in [5.74, 6) is 0.784. The van der Waals surface area contributed by atoms with Gasteiger partial charge in [0.05, 0.1) is 0 Å². The predicted molar refractivity (Wildman–Crippen MR) is 98.7 cm³/mol. The van der Waals surface area contributed by atoms with Crippen LogP contribution in [-0.4, -0.2) is 43.5 Å². The van der Waals surface area contributed by atoms with Crippen LogP contribution in [0, 0.1) is 0 Å². The zero-order valence-electron chi connectivity index (χ0n) is 13.7. The number of halogens is 2. The SMILES string of the molecule is CN(C)c1nn(COCC[Si](C)(C)C)c2c(Br)cc(Cl)nc12. The summed E-state index contributed by atoms with van der Waals surface area (Å²) in [5, 5.41) is 5.05. The number of pyridine rings is 1. The molecular formula is C14H22BrClN4OSi. The Labute approximate surface area is 145 Å². The Morgan fingerprint density at radius 3 is 2.64 bits per heavy atom. The molecule has 0 saturated heterocycles. The van der Waals surface area contributed by atoms with Crippen molar-refractivity contribution in [1.29, 1.82) is 0 Å².